The number of benzene rings is 2. The third-order valence-corrected chi connectivity index (χ3v) is 8.50. The van der Waals surface area contributed by atoms with Gasteiger partial charge in [0.05, 0.1) is 61.8 Å². The van der Waals surface area contributed by atoms with Gasteiger partial charge in [-0.05, 0) is 96.0 Å². The van der Waals surface area contributed by atoms with Gasteiger partial charge in [-0.15, -0.1) is 0 Å². The number of ether oxygens (including phenoxy) is 7. The van der Waals surface area contributed by atoms with Gasteiger partial charge < -0.3 is 48.5 Å². The van der Waals surface area contributed by atoms with Gasteiger partial charge in [-0.3, -0.25) is 4.79 Å². The van der Waals surface area contributed by atoms with Crippen LogP contribution in [0.15, 0.2) is 48.5 Å². The lowest BCUT2D eigenvalue weighted by Crippen LogP contribution is -2.47. The average molecular weight is 733 g/mol. The smallest absolute Gasteiger partial charge is 0.338 e. The zero-order valence-corrected chi connectivity index (χ0v) is 31.4. The number of rotatable bonds is 19. The Balaban J connectivity index is 1.61. The maximum absolute atomic E-state index is 13.1. The maximum atomic E-state index is 13.1. The Kier molecular flexibility index (Phi) is 16.3. The predicted octanol–water partition coefficient (Wildman–Crippen LogP) is 5.01. The molecule has 1 aliphatic rings. The van der Waals surface area contributed by atoms with Crippen molar-refractivity contribution < 1.29 is 62.9 Å². The summed E-state index contributed by atoms with van der Waals surface area (Å²) in [5, 5.41) is 31.4. The van der Waals surface area contributed by atoms with Crippen molar-refractivity contribution in [1.29, 1.82) is 0 Å². The number of esters is 3. The summed E-state index contributed by atoms with van der Waals surface area (Å²) in [5.74, 6) is -1.36. The molecule has 0 spiro atoms. The molecule has 0 amide bonds. The van der Waals surface area contributed by atoms with Crippen LogP contribution in [0.2, 0.25) is 0 Å². The second kappa shape index (κ2) is 19.9. The highest BCUT2D eigenvalue weighted by molar-refractivity contribution is 5.90. The van der Waals surface area contributed by atoms with Crippen molar-refractivity contribution in [3.63, 3.8) is 0 Å². The molecule has 52 heavy (non-hydrogen) atoms. The molecule has 2 aromatic rings. The van der Waals surface area contributed by atoms with Gasteiger partial charge in [-0.2, -0.15) is 0 Å². The molecule has 0 radical (unpaired) electrons. The summed E-state index contributed by atoms with van der Waals surface area (Å²) >= 11 is 0. The molecule has 1 saturated heterocycles. The number of hydrogen-bond donors (Lipinski definition) is 3. The average Bonchev–Trinajstić information content (AvgIpc) is 3.06. The molecule has 13 heteroatoms. The highest BCUT2D eigenvalue weighted by Gasteiger charge is 2.38. The van der Waals surface area contributed by atoms with Gasteiger partial charge in [0.2, 0.25) is 0 Å². The van der Waals surface area contributed by atoms with E-state index in [2.05, 4.69) is 0 Å². The van der Waals surface area contributed by atoms with E-state index in [0.717, 1.165) is 0 Å². The van der Waals surface area contributed by atoms with Crippen LogP contribution in [0, 0.1) is 5.41 Å². The zero-order valence-electron chi connectivity index (χ0n) is 31.4. The van der Waals surface area contributed by atoms with Gasteiger partial charge in [-0.1, -0.05) is 0 Å². The number of aliphatic hydroxyl groups excluding tert-OH is 3. The van der Waals surface area contributed by atoms with E-state index in [4.69, 9.17) is 33.2 Å². The molecular weight excluding hydrogens is 676 g/mol. The highest BCUT2D eigenvalue weighted by atomic mass is 16.7. The monoisotopic (exact) mass is 732 g/mol. The van der Waals surface area contributed by atoms with E-state index in [9.17, 15) is 29.7 Å². The fourth-order valence-corrected chi connectivity index (χ4v) is 5.90. The fourth-order valence-electron chi connectivity index (χ4n) is 5.90. The van der Waals surface area contributed by atoms with Crippen LogP contribution in [0.4, 0.5) is 0 Å². The van der Waals surface area contributed by atoms with Crippen LogP contribution in [-0.2, 0) is 28.5 Å². The second-order valence-corrected chi connectivity index (χ2v) is 14.6. The van der Waals surface area contributed by atoms with Crippen molar-refractivity contribution >= 4 is 17.9 Å². The first-order valence-electron chi connectivity index (χ1n) is 17.7. The fraction of sp³-hybridized carbons (Fsp3) is 0.615. The number of hydrogen-bond acceptors (Lipinski definition) is 13. The number of carbonyl (C=O) groups excluding carboxylic acids is 3. The van der Waals surface area contributed by atoms with Gasteiger partial charge in [0.25, 0.3) is 0 Å². The van der Waals surface area contributed by atoms with Gasteiger partial charge >= 0.3 is 17.9 Å². The van der Waals surface area contributed by atoms with Crippen LogP contribution in [0.25, 0.3) is 0 Å². The summed E-state index contributed by atoms with van der Waals surface area (Å²) in [5.41, 5.74) is -0.0515. The second-order valence-electron chi connectivity index (χ2n) is 14.6. The number of aliphatic hydroxyl groups is 3. The zero-order chi connectivity index (χ0) is 38.5. The van der Waals surface area contributed by atoms with E-state index in [1.165, 1.54) is 14.2 Å². The van der Waals surface area contributed by atoms with Crippen molar-refractivity contribution in [3.05, 3.63) is 59.7 Å². The molecule has 13 nitrogen and oxygen atoms in total. The van der Waals surface area contributed by atoms with Crippen molar-refractivity contribution in [3.8, 4) is 11.5 Å². The predicted molar refractivity (Wildman–Crippen MR) is 190 cm³/mol. The number of carbonyl (C=O) groups is 3. The Morgan fingerprint density at radius 2 is 1.27 bits per heavy atom. The topological polar surface area (TPSA) is 177 Å². The Bertz CT molecular complexity index is 1400. The minimum atomic E-state index is -1.03. The van der Waals surface area contributed by atoms with Gasteiger partial charge in [0.1, 0.15) is 23.7 Å². The van der Waals surface area contributed by atoms with Crippen LogP contribution < -0.4 is 9.47 Å². The Labute approximate surface area is 306 Å². The summed E-state index contributed by atoms with van der Waals surface area (Å²) in [6.45, 7) is 8.57. The molecular formula is C39H56O13. The van der Waals surface area contributed by atoms with Crippen LogP contribution in [0.3, 0.4) is 0 Å². The number of methoxy groups -OCH3 is 2. The molecule has 0 aromatic heterocycles. The minimum absolute atomic E-state index is 0.0172. The lowest BCUT2D eigenvalue weighted by atomic mass is 9.95. The molecule has 1 aliphatic heterocycles. The van der Waals surface area contributed by atoms with Crippen LogP contribution in [0.1, 0.15) is 100 Å². The molecule has 3 N–H and O–H groups in total. The molecule has 1 fully saturated rings. The van der Waals surface area contributed by atoms with Crippen molar-refractivity contribution in [2.24, 2.45) is 5.41 Å². The van der Waals surface area contributed by atoms with E-state index in [1.54, 1.807) is 83.1 Å². The van der Waals surface area contributed by atoms with Crippen LogP contribution in [-0.4, -0.2) is 103 Å². The SMILES string of the molecule is COc1ccc(C(=O)O[C@H](CCO)C[C@H](O)C[C@@H](O)C[C@@H]2C[C@@H](C[C@H](CCOC(=O)C(C)(C)C)OC(=O)c3ccc(OC)cc3)OC(C)(C)O2)cc1. The first-order valence-corrected chi connectivity index (χ1v) is 17.7. The molecule has 6 atom stereocenters. The molecule has 0 unspecified atom stereocenters. The molecule has 0 bridgehead atoms. The van der Waals surface area contributed by atoms with Gasteiger partial charge in [0, 0.05) is 38.7 Å². The summed E-state index contributed by atoms with van der Waals surface area (Å²) in [4.78, 5) is 38.2. The lowest BCUT2D eigenvalue weighted by Gasteiger charge is -2.42. The van der Waals surface area contributed by atoms with Crippen LogP contribution >= 0.6 is 0 Å². The Morgan fingerprint density at radius 3 is 1.75 bits per heavy atom. The third-order valence-electron chi connectivity index (χ3n) is 8.50. The quantitative estimate of drug-likeness (QED) is 0.130. The molecule has 0 saturated carbocycles. The minimum Gasteiger partial charge on any atom is -0.497 e. The molecule has 2 aromatic carbocycles. The molecule has 1 heterocycles. The van der Waals surface area contributed by atoms with E-state index >= 15 is 0 Å². The Morgan fingerprint density at radius 1 is 0.769 bits per heavy atom. The maximum Gasteiger partial charge on any atom is 0.338 e. The molecule has 290 valence electrons. The van der Waals surface area contributed by atoms with E-state index < -0.39 is 59.8 Å². The van der Waals surface area contributed by atoms with E-state index in [0.29, 0.717) is 29.0 Å². The summed E-state index contributed by atoms with van der Waals surface area (Å²) in [6, 6.07) is 12.9. The standard InChI is InChI=1S/C39H56O13/c1-38(2,3)37(45)48-19-17-32(50-36(44)26-10-14-30(47-7)15-11-26)23-34-24-33(51-39(4,5)52-34)22-28(42)20-27(41)21-31(16-18-40)49-35(43)25-8-12-29(46-6)13-9-25/h8-15,27-28,31-34,40-42H,16-24H2,1-7H3/t27-,28-,31-,32+,33-,34-/m1/s1. The largest absolute Gasteiger partial charge is 0.497 e. The van der Waals surface area contributed by atoms with E-state index in [-0.39, 0.29) is 57.7 Å². The third kappa shape index (κ3) is 14.3. The van der Waals surface area contributed by atoms with Crippen molar-refractivity contribution in [1.82, 2.24) is 0 Å². The van der Waals surface area contributed by atoms with Gasteiger partial charge in [-0.25, -0.2) is 9.59 Å². The first kappa shape index (κ1) is 42.7. The summed E-state index contributed by atoms with van der Waals surface area (Å²) in [7, 11) is 3.05. The highest BCUT2D eigenvalue weighted by Crippen LogP contribution is 2.33. The van der Waals surface area contributed by atoms with Crippen molar-refractivity contribution in [2.75, 3.05) is 27.4 Å². The molecule has 0 aliphatic carbocycles. The Hall–Kier alpha value is -3.75. The molecule has 3 rings (SSSR count). The van der Waals surface area contributed by atoms with Crippen LogP contribution in [0.5, 0.6) is 11.5 Å². The summed E-state index contributed by atoms with van der Waals surface area (Å²) in [6.07, 6.45) is -3.18. The summed E-state index contributed by atoms with van der Waals surface area (Å²) < 4.78 is 39.6. The normalized spacial score (nSPS) is 19.4. The van der Waals surface area contributed by atoms with Gasteiger partial charge in [0.15, 0.2) is 5.79 Å². The lowest BCUT2D eigenvalue weighted by molar-refractivity contribution is -0.305. The van der Waals surface area contributed by atoms with E-state index in [1.807, 2.05) is 0 Å². The first-order chi connectivity index (χ1) is 24.5. The van der Waals surface area contributed by atoms with Crippen molar-refractivity contribution in [2.45, 2.75) is 122 Å².